The van der Waals surface area contributed by atoms with Crippen LogP contribution in [0.15, 0.2) is 18.2 Å². The van der Waals surface area contributed by atoms with E-state index in [2.05, 4.69) is 0 Å². The molecule has 1 rings (SSSR count). The summed E-state index contributed by atoms with van der Waals surface area (Å²) in [4.78, 5) is 11.9. The van der Waals surface area contributed by atoms with E-state index in [-0.39, 0.29) is 0 Å². The molecule has 0 aliphatic heterocycles. The molecule has 0 aromatic heterocycles. The third-order valence-corrected chi connectivity index (χ3v) is 2.61. The van der Waals surface area contributed by atoms with Gasteiger partial charge in [0.2, 0.25) is 0 Å². The van der Waals surface area contributed by atoms with E-state index in [4.69, 9.17) is 0 Å². The van der Waals surface area contributed by atoms with E-state index in [9.17, 15) is 18.0 Å². The van der Waals surface area contributed by atoms with Gasteiger partial charge < -0.3 is 4.90 Å². The van der Waals surface area contributed by atoms with Gasteiger partial charge in [0, 0.05) is 17.8 Å². The minimum atomic E-state index is -4.23. The lowest BCUT2D eigenvalue weighted by Gasteiger charge is -2.26. The maximum absolute atomic E-state index is 12.5. The van der Waals surface area contributed by atoms with Crippen LogP contribution in [0.25, 0.3) is 0 Å². The highest BCUT2D eigenvalue weighted by Crippen LogP contribution is 2.24. The number of halogens is 3. The highest BCUT2D eigenvalue weighted by atomic mass is 19.4. The van der Waals surface area contributed by atoms with Crippen molar-refractivity contribution in [3.8, 4) is 0 Å². The topological polar surface area (TPSA) is 20.3 Å². The van der Waals surface area contributed by atoms with Gasteiger partial charge in [0.15, 0.2) is 0 Å². The third-order valence-electron chi connectivity index (χ3n) is 2.61. The number of hydrogen-bond donors (Lipinski definition) is 0. The summed E-state index contributed by atoms with van der Waals surface area (Å²) in [6, 6.07) is 4.72. The number of rotatable bonds is 5. The van der Waals surface area contributed by atoms with Gasteiger partial charge in [-0.3, -0.25) is 4.79 Å². The summed E-state index contributed by atoms with van der Waals surface area (Å²) in [6.45, 7) is 2.90. The summed E-state index contributed by atoms with van der Waals surface area (Å²) in [7, 11) is 0. The summed E-state index contributed by atoms with van der Waals surface area (Å²) >= 11 is 0. The van der Waals surface area contributed by atoms with Gasteiger partial charge in [-0.05, 0) is 37.1 Å². The molecule has 100 valence electrons. The number of hydrogen-bond acceptors (Lipinski definition) is 2. The van der Waals surface area contributed by atoms with E-state index in [1.165, 1.54) is 4.90 Å². The van der Waals surface area contributed by atoms with Gasteiger partial charge in [-0.25, -0.2) is 0 Å². The number of aryl methyl sites for hydroxylation is 1. The summed E-state index contributed by atoms with van der Waals surface area (Å²) in [5, 5.41) is 0. The fraction of sp³-hybridized carbons (Fsp3) is 0.462. The number of nitrogens with zero attached hydrogens (tertiary/aromatic N) is 1. The van der Waals surface area contributed by atoms with Gasteiger partial charge in [-0.15, -0.1) is 0 Å². The van der Waals surface area contributed by atoms with Crippen molar-refractivity contribution in [1.82, 2.24) is 0 Å². The molecule has 18 heavy (non-hydrogen) atoms. The van der Waals surface area contributed by atoms with Crippen molar-refractivity contribution in [2.75, 3.05) is 18.0 Å². The molecule has 0 fully saturated rings. The Morgan fingerprint density at radius 1 is 1.33 bits per heavy atom. The summed E-state index contributed by atoms with van der Waals surface area (Å²) in [5.41, 5.74) is 1.69. The molecule has 0 unspecified atom stereocenters. The van der Waals surface area contributed by atoms with Crippen LogP contribution in [0.3, 0.4) is 0 Å². The Morgan fingerprint density at radius 3 is 2.44 bits per heavy atom. The first kappa shape index (κ1) is 14.5. The SMILES string of the molecule is CCCN(CC(F)(F)F)c1ccc(C=O)c(C)c1. The maximum atomic E-state index is 12.5. The van der Waals surface area contributed by atoms with Gasteiger partial charge in [0.25, 0.3) is 0 Å². The van der Waals surface area contributed by atoms with Crippen molar-refractivity contribution in [1.29, 1.82) is 0 Å². The minimum Gasteiger partial charge on any atom is -0.363 e. The van der Waals surface area contributed by atoms with E-state index >= 15 is 0 Å². The zero-order chi connectivity index (χ0) is 13.8. The van der Waals surface area contributed by atoms with E-state index in [1.54, 1.807) is 25.1 Å². The van der Waals surface area contributed by atoms with Crippen molar-refractivity contribution >= 4 is 12.0 Å². The molecular weight excluding hydrogens is 243 g/mol. The Labute approximate surface area is 104 Å². The number of alkyl halides is 3. The van der Waals surface area contributed by atoms with Crippen LogP contribution in [0.2, 0.25) is 0 Å². The Bertz CT molecular complexity index is 415. The fourth-order valence-corrected chi connectivity index (χ4v) is 1.77. The summed E-state index contributed by atoms with van der Waals surface area (Å²) < 4.78 is 37.4. The van der Waals surface area contributed by atoms with Crippen molar-refractivity contribution < 1.29 is 18.0 Å². The van der Waals surface area contributed by atoms with E-state index in [1.807, 2.05) is 6.92 Å². The molecule has 0 N–H and O–H groups in total. The molecule has 0 atom stereocenters. The first-order valence-electron chi connectivity index (χ1n) is 5.75. The van der Waals surface area contributed by atoms with Crippen LogP contribution in [0.4, 0.5) is 18.9 Å². The quantitative estimate of drug-likeness (QED) is 0.753. The highest BCUT2D eigenvalue weighted by Gasteiger charge is 2.30. The van der Waals surface area contributed by atoms with Crippen LogP contribution in [-0.2, 0) is 0 Å². The normalized spacial score (nSPS) is 11.4. The number of benzene rings is 1. The average Bonchev–Trinajstić information content (AvgIpc) is 2.26. The molecule has 5 heteroatoms. The highest BCUT2D eigenvalue weighted by molar-refractivity contribution is 5.78. The van der Waals surface area contributed by atoms with E-state index in [0.29, 0.717) is 36.1 Å². The summed E-state index contributed by atoms with van der Waals surface area (Å²) in [6.07, 6.45) is -2.90. The van der Waals surface area contributed by atoms with Crippen LogP contribution in [0.5, 0.6) is 0 Å². The summed E-state index contributed by atoms with van der Waals surface area (Å²) in [5.74, 6) is 0. The minimum absolute atomic E-state index is 0.333. The van der Waals surface area contributed by atoms with Crippen molar-refractivity contribution in [3.63, 3.8) is 0 Å². The second-order valence-electron chi connectivity index (χ2n) is 4.20. The smallest absolute Gasteiger partial charge is 0.363 e. The van der Waals surface area contributed by atoms with Crippen LogP contribution in [0.1, 0.15) is 29.3 Å². The first-order valence-corrected chi connectivity index (χ1v) is 5.75. The predicted octanol–water partition coefficient (Wildman–Crippen LogP) is 3.59. The van der Waals surface area contributed by atoms with Crippen LogP contribution >= 0.6 is 0 Å². The monoisotopic (exact) mass is 259 g/mol. The number of carbonyl (C=O) groups is 1. The Kier molecular flexibility index (Phi) is 4.76. The fourth-order valence-electron chi connectivity index (χ4n) is 1.77. The van der Waals surface area contributed by atoms with E-state index in [0.717, 1.165) is 0 Å². The lowest BCUT2D eigenvalue weighted by atomic mass is 10.1. The van der Waals surface area contributed by atoms with Crippen molar-refractivity contribution in [3.05, 3.63) is 29.3 Å². The molecule has 0 saturated heterocycles. The van der Waals surface area contributed by atoms with Crippen molar-refractivity contribution in [2.45, 2.75) is 26.4 Å². The first-order chi connectivity index (χ1) is 8.37. The number of anilines is 1. The zero-order valence-corrected chi connectivity index (χ0v) is 10.4. The molecule has 0 spiro atoms. The molecule has 0 aliphatic carbocycles. The Balaban J connectivity index is 2.98. The average molecular weight is 259 g/mol. The molecule has 0 saturated carbocycles. The molecule has 1 aromatic rings. The molecule has 2 nitrogen and oxygen atoms in total. The van der Waals surface area contributed by atoms with E-state index < -0.39 is 12.7 Å². The van der Waals surface area contributed by atoms with Crippen molar-refractivity contribution in [2.24, 2.45) is 0 Å². The molecule has 1 aromatic carbocycles. The zero-order valence-electron chi connectivity index (χ0n) is 10.4. The lowest BCUT2D eigenvalue weighted by molar-refractivity contribution is -0.119. The molecule has 0 bridgehead atoms. The molecular formula is C13H16F3NO. The molecule has 0 radical (unpaired) electrons. The predicted molar refractivity (Wildman–Crippen MR) is 65.1 cm³/mol. The van der Waals surface area contributed by atoms with Crippen LogP contribution < -0.4 is 4.90 Å². The molecule has 0 heterocycles. The standard InChI is InChI=1S/C13H16F3NO/c1-3-6-17(9-13(14,15)16)12-5-4-11(8-18)10(2)7-12/h4-5,7-8H,3,6,9H2,1-2H3. The van der Waals surface area contributed by atoms with Gasteiger partial charge >= 0.3 is 6.18 Å². The van der Waals surface area contributed by atoms with Gasteiger partial charge in [0.05, 0.1) is 0 Å². The lowest BCUT2D eigenvalue weighted by Crippen LogP contribution is -2.34. The third kappa shape index (κ3) is 4.05. The second-order valence-corrected chi connectivity index (χ2v) is 4.20. The number of carbonyl (C=O) groups excluding carboxylic acids is 1. The van der Waals surface area contributed by atoms with Gasteiger partial charge in [0.1, 0.15) is 12.8 Å². The van der Waals surface area contributed by atoms with Crippen LogP contribution in [-0.4, -0.2) is 25.6 Å². The molecule has 0 amide bonds. The van der Waals surface area contributed by atoms with Gasteiger partial charge in [-0.1, -0.05) is 6.92 Å². The largest absolute Gasteiger partial charge is 0.405 e. The second kappa shape index (κ2) is 5.89. The number of aldehydes is 1. The van der Waals surface area contributed by atoms with Gasteiger partial charge in [-0.2, -0.15) is 13.2 Å². The maximum Gasteiger partial charge on any atom is 0.405 e. The molecule has 0 aliphatic rings. The Morgan fingerprint density at radius 2 is 2.00 bits per heavy atom. The Hall–Kier alpha value is -1.52. The van der Waals surface area contributed by atoms with Crippen LogP contribution in [0, 0.1) is 6.92 Å².